The third-order valence-corrected chi connectivity index (χ3v) is 1.90. The summed E-state index contributed by atoms with van der Waals surface area (Å²) in [5.74, 6) is 2.43. The Bertz CT molecular complexity index is 196. The summed E-state index contributed by atoms with van der Waals surface area (Å²) in [4.78, 5) is 11.4. The molecule has 0 fully saturated rings. The van der Waals surface area contributed by atoms with Gasteiger partial charge in [-0.25, -0.2) is 0 Å². The van der Waals surface area contributed by atoms with Gasteiger partial charge in [0.25, 0.3) is 0 Å². The van der Waals surface area contributed by atoms with E-state index in [1.807, 2.05) is 13.8 Å². The van der Waals surface area contributed by atoms with Crippen LogP contribution in [0.15, 0.2) is 0 Å². The van der Waals surface area contributed by atoms with E-state index in [2.05, 4.69) is 16.6 Å². The minimum Gasteiger partial charge on any atom is -0.352 e. The third-order valence-electron chi connectivity index (χ3n) is 1.90. The van der Waals surface area contributed by atoms with Crippen molar-refractivity contribution in [2.45, 2.75) is 39.3 Å². The van der Waals surface area contributed by atoms with Crippen LogP contribution in [0, 0.1) is 12.3 Å². The van der Waals surface area contributed by atoms with Gasteiger partial charge in [-0.05, 0) is 20.3 Å². The highest BCUT2D eigenvalue weighted by molar-refractivity contribution is 5.81. The molecule has 0 rings (SSSR count). The van der Waals surface area contributed by atoms with Gasteiger partial charge in [0, 0.05) is 6.04 Å². The number of terminal acetylenes is 1. The van der Waals surface area contributed by atoms with Gasteiger partial charge in [0.05, 0.1) is 12.6 Å². The molecule has 0 radical (unpaired) electrons. The predicted molar refractivity (Wildman–Crippen MR) is 54.2 cm³/mol. The van der Waals surface area contributed by atoms with Crippen molar-refractivity contribution in [2.75, 3.05) is 6.54 Å². The van der Waals surface area contributed by atoms with E-state index in [0.717, 1.165) is 6.42 Å². The van der Waals surface area contributed by atoms with E-state index in [0.29, 0.717) is 6.54 Å². The van der Waals surface area contributed by atoms with Gasteiger partial charge in [-0.1, -0.05) is 12.8 Å². The normalized spacial score (nSPS) is 14.3. The Kier molecular flexibility index (Phi) is 5.99. The molecule has 3 nitrogen and oxygen atoms in total. The van der Waals surface area contributed by atoms with Gasteiger partial charge in [0.1, 0.15) is 0 Å². The first-order chi connectivity index (χ1) is 6.11. The molecule has 0 saturated carbocycles. The van der Waals surface area contributed by atoms with E-state index < -0.39 is 0 Å². The largest absolute Gasteiger partial charge is 0.352 e. The van der Waals surface area contributed by atoms with Crippen molar-refractivity contribution in [1.82, 2.24) is 10.6 Å². The molecule has 0 aromatic rings. The summed E-state index contributed by atoms with van der Waals surface area (Å²) in [5.41, 5.74) is 0. The van der Waals surface area contributed by atoms with Crippen LogP contribution in [-0.2, 0) is 4.79 Å². The molecule has 0 aromatic carbocycles. The number of nitrogens with one attached hydrogen (secondary N) is 2. The molecule has 0 aliphatic carbocycles. The summed E-state index contributed by atoms with van der Waals surface area (Å²) in [6, 6.07) is 0.00707. The maximum atomic E-state index is 11.4. The molecule has 0 spiro atoms. The van der Waals surface area contributed by atoms with Crippen molar-refractivity contribution >= 4 is 5.91 Å². The number of rotatable bonds is 5. The summed E-state index contributed by atoms with van der Waals surface area (Å²) < 4.78 is 0. The molecule has 3 heteroatoms. The maximum absolute atomic E-state index is 11.4. The number of hydrogen-bond donors (Lipinski definition) is 2. The fourth-order valence-electron chi connectivity index (χ4n) is 0.775. The van der Waals surface area contributed by atoms with Gasteiger partial charge >= 0.3 is 0 Å². The van der Waals surface area contributed by atoms with Crippen LogP contribution >= 0.6 is 0 Å². The zero-order valence-corrected chi connectivity index (χ0v) is 8.55. The molecule has 2 unspecified atom stereocenters. The second kappa shape index (κ2) is 6.50. The Labute approximate surface area is 80.3 Å². The molecule has 0 aliphatic rings. The van der Waals surface area contributed by atoms with Crippen LogP contribution in [0.1, 0.15) is 27.2 Å². The van der Waals surface area contributed by atoms with Gasteiger partial charge in [-0.15, -0.1) is 6.42 Å². The van der Waals surface area contributed by atoms with E-state index in [1.54, 1.807) is 6.92 Å². The van der Waals surface area contributed by atoms with E-state index in [4.69, 9.17) is 6.42 Å². The summed E-state index contributed by atoms with van der Waals surface area (Å²) in [7, 11) is 0. The SMILES string of the molecule is C#CCNC(C)C(=O)NC(C)CC. The summed E-state index contributed by atoms with van der Waals surface area (Å²) in [6.45, 7) is 6.24. The van der Waals surface area contributed by atoms with E-state index in [1.165, 1.54) is 0 Å². The predicted octanol–water partition coefficient (Wildman–Crippen LogP) is 0.512. The molecule has 2 atom stereocenters. The minimum atomic E-state index is -0.218. The van der Waals surface area contributed by atoms with Gasteiger partial charge in [0.15, 0.2) is 0 Å². The van der Waals surface area contributed by atoms with E-state index in [9.17, 15) is 4.79 Å². The topological polar surface area (TPSA) is 41.1 Å². The lowest BCUT2D eigenvalue weighted by Crippen LogP contribution is -2.45. The van der Waals surface area contributed by atoms with Gasteiger partial charge < -0.3 is 5.32 Å². The van der Waals surface area contributed by atoms with Crippen molar-refractivity contribution in [3.63, 3.8) is 0 Å². The van der Waals surface area contributed by atoms with Crippen molar-refractivity contribution < 1.29 is 4.79 Å². The number of carbonyl (C=O) groups excluding carboxylic acids is 1. The lowest BCUT2D eigenvalue weighted by molar-refractivity contribution is -0.123. The third kappa shape index (κ3) is 5.26. The fourth-order valence-corrected chi connectivity index (χ4v) is 0.775. The molecule has 0 saturated heterocycles. The number of hydrogen-bond acceptors (Lipinski definition) is 2. The van der Waals surface area contributed by atoms with Crippen LogP contribution in [0.4, 0.5) is 0 Å². The molecular weight excluding hydrogens is 164 g/mol. The standard InChI is InChI=1S/C10H18N2O/c1-5-7-11-9(4)10(13)12-8(3)6-2/h1,8-9,11H,6-7H2,2-4H3,(H,12,13). The van der Waals surface area contributed by atoms with Crippen LogP contribution in [-0.4, -0.2) is 24.5 Å². The lowest BCUT2D eigenvalue weighted by atomic mass is 10.2. The van der Waals surface area contributed by atoms with Crippen molar-refractivity contribution in [2.24, 2.45) is 0 Å². The molecule has 0 aliphatic heterocycles. The molecule has 13 heavy (non-hydrogen) atoms. The average Bonchev–Trinajstić information content (AvgIpc) is 2.13. The van der Waals surface area contributed by atoms with E-state index >= 15 is 0 Å². The fraction of sp³-hybridized carbons (Fsp3) is 0.700. The van der Waals surface area contributed by atoms with E-state index in [-0.39, 0.29) is 18.0 Å². The monoisotopic (exact) mass is 182 g/mol. The van der Waals surface area contributed by atoms with Crippen LogP contribution in [0.3, 0.4) is 0 Å². The highest BCUT2D eigenvalue weighted by Crippen LogP contribution is 1.89. The Morgan fingerprint density at radius 1 is 1.54 bits per heavy atom. The Hall–Kier alpha value is -1.01. The number of carbonyl (C=O) groups is 1. The second-order valence-electron chi connectivity index (χ2n) is 3.12. The zero-order valence-electron chi connectivity index (χ0n) is 8.55. The van der Waals surface area contributed by atoms with Crippen molar-refractivity contribution in [3.05, 3.63) is 0 Å². The van der Waals surface area contributed by atoms with Crippen LogP contribution < -0.4 is 10.6 Å². The molecule has 74 valence electrons. The molecule has 1 amide bonds. The summed E-state index contributed by atoms with van der Waals surface area (Å²) in [5, 5.41) is 5.78. The molecule has 0 aromatic heterocycles. The smallest absolute Gasteiger partial charge is 0.237 e. The second-order valence-corrected chi connectivity index (χ2v) is 3.12. The van der Waals surface area contributed by atoms with Crippen molar-refractivity contribution in [1.29, 1.82) is 0 Å². The molecule has 2 N–H and O–H groups in total. The first-order valence-electron chi connectivity index (χ1n) is 4.59. The highest BCUT2D eigenvalue weighted by Gasteiger charge is 2.12. The van der Waals surface area contributed by atoms with Gasteiger partial charge in [-0.2, -0.15) is 0 Å². The van der Waals surface area contributed by atoms with Crippen molar-refractivity contribution in [3.8, 4) is 12.3 Å². The summed E-state index contributed by atoms with van der Waals surface area (Å²) in [6.07, 6.45) is 6.00. The zero-order chi connectivity index (χ0) is 10.3. The first-order valence-corrected chi connectivity index (χ1v) is 4.59. The Morgan fingerprint density at radius 3 is 2.62 bits per heavy atom. The van der Waals surface area contributed by atoms with Crippen LogP contribution in [0.5, 0.6) is 0 Å². The number of amides is 1. The quantitative estimate of drug-likeness (QED) is 0.608. The molecule has 0 heterocycles. The Morgan fingerprint density at radius 2 is 2.15 bits per heavy atom. The first kappa shape index (κ1) is 12.0. The minimum absolute atomic E-state index is 0.00426. The molecular formula is C10H18N2O. The van der Waals surface area contributed by atoms with Crippen LogP contribution in [0.25, 0.3) is 0 Å². The molecule has 0 bridgehead atoms. The van der Waals surface area contributed by atoms with Gasteiger partial charge in [-0.3, -0.25) is 10.1 Å². The average molecular weight is 182 g/mol. The summed E-state index contributed by atoms with van der Waals surface area (Å²) >= 11 is 0. The highest BCUT2D eigenvalue weighted by atomic mass is 16.2. The van der Waals surface area contributed by atoms with Gasteiger partial charge in [0.2, 0.25) is 5.91 Å². The van der Waals surface area contributed by atoms with Crippen LogP contribution in [0.2, 0.25) is 0 Å². The lowest BCUT2D eigenvalue weighted by Gasteiger charge is -2.16. The Balaban J connectivity index is 3.76. The maximum Gasteiger partial charge on any atom is 0.237 e.